The lowest BCUT2D eigenvalue weighted by atomic mass is 9.67. The first-order chi connectivity index (χ1) is 7.06. The Morgan fingerprint density at radius 3 is 1.73 bits per heavy atom. The van der Waals surface area contributed by atoms with Gasteiger partial charge >= 0.3 is 0 Å². The maximum atomic E-state index is 2.45. The highest BCUT2D eigenvalue weighted by Crippen LogP contribution is 2.42. The van der Waals surface area contributed by atoms with Crippen LogP contribution in [0, 0.1) is 17.3 Å². The zero-order valence-corrected chi connectivity index (χ0v) is 11.9. The monoisotopic (exact) mass is 212 g/mol. The van der Waals surface area contributed by atoms with E-state index in [1.807, 2.05) is 0 Å². The Bertz CT molecular complexity index is 144. The second kappa shape index (κ2) is 7.30. The van der Waals surface area contributed by atoms with Crippen LogP contribution < -0.4 is 0 Å². The average Bonchev–Trinajstić information content (AvgIpc) is 2.29. The van der Waals surface area contributed by atoms with E-state index in [2.05, 4.69) is 41.5 Å². The summed E-state index contributed by atoms with van der Waals surface area (Å²) in [6.45, 7) is 14.3. The molecule has 0 aromatic rings. The molecular formula is C15H32. The highest BCUT2D eigenvalue weighted by molar-refractivity contribution is 4.82. The summed E-state index contributed by atoms with van der Waals surface area (Å²) in [6, 6.07) is 0. The van der Waals surface area contributed by atoms with Crippen LogP contribution in [0.3, 0.4) is 0 Å². The Morgan fingerprint density at radius 1 is 0.867 bits per heavy atom. The normalized spacial score (nSPS) is 16.4. The maximum absolute atomic E-state index is 2.45. The zero-order valence-electron chi connectivity index (χ0n) is 11.9. The largest absolute Gasteiger partial charge is 0.0651 e. The number of hydrogen-bond acceptors (Lipinski definition) is 0. The van der Waals surface area contributed by atoms with Crippen LogP contribution in [0.15, 0.2) is 0 Å². The third-order valence-electron chi connectivity index (χ3n) is 4.90. The summed E-state index contributed by atoms with van der Waals surface area (Å²) >= 11 is 0. The summed E-state index contributed by atoms with van der Waals surface area (Å²) in [5.41, 5.74) is 0.623. The van der Waals surface area contributed by atoms with E-state index in [1.54, 1.807) is 0 Å². The van der Waals surface area contributed by atoms with Gasteiger partial charge in [-0.25, -0.2) is 0 Å². The lowest BCUT2D eigenvalue weighted by molar-refractivity contribution is 0.125. The lowest BCUT2D eigenvalue weighted by Crippen LogP contribution is -2.27. The second-order valence-corrected chi connectivity index (χ2v) is 5.43. The Balaban J connectivity index is 4.36. The van der Waals surface area contributed by atoms with Crippen LogP contribution in [0.5, 0.6) is 0 Å². The molecule has 0 bridgehead atoms. The maximum Gasteiger partial charge on any atom is -0.0277 e. The van der Waals surface area contributed by atoms with Gasteiger partial charge in [0.05, 0.1) is 0 Å². The third-order valence-corrected chi connectivity index (χ3v) is 4.90. The van der Waals surface area contributed by atoms with Crippen molar-refractivity contribution in [3.05, 3.63) is 0 Å². The van der Waals surface area contributed by atoms with Gasteiger partial charge in [0.15, 0.2) is 0 Å². The summed E-state index contributed by atoms with van der Waals surface area (Å²) in [5.74, 6) is 1.79. The molecule has 0 aliphatic rings. The Hall–Kier alpha value is 0. The van der Waals surface area contributed by atoms with Gasteiger partial charge in [-0.2, -0.15) is 0 Å². The van der Waals surface area contributed by atoms with Crippen LogP contribution >= 0.6 is 0 Å². The summed E-state index contributed by atoms with van der Waals surface area (Å²) in [7, 11) is 0. The number of hydrogen-bond donors (Lipinski definition) is 0. The Kier molecular flexibility index (Phi) is 7.30. The molecule has 2 unspecified atom stereocenters. The van der Waals surface area contributed by atoms with Crippen LogP contribution in [0.1, 0.15) is 80.1 Å². The fourth-order valence-electron chi connectivity index (χ4n) is 2.72. The van der Waals surface area contributed by atoms with E-state index in [-0.39, 0.29) is 0 Å². The van der Waals surface area contributed by atoms with Gasteiger partial charge in [0.1, 0.15) is 0 Å². The van der Waals surface area contributed by atoms with E-state index in [0.29, 0.717) is 5.41 Å². The molecule has 0 rings (SSSR count). The van der Waals surface area contributed by atoms with E-state index in [0.717, 1.165) is 11.8 Å². The van der Waals surface area contributed by atoms with E-state index < -0.39 is 0 Å². The summed E-state index contributed by atoms with van der Waals surface area (Å²) < 4.78 is 0. The van der Waals surface area contributed by atoms with Crippen LogP contribution in [0.25, 0.3) is 0 Å². The Morgan fingerprint density at radius 2 is 1.40 bits per heavy atom. The molecule has 0 amide bonds. The topological polar surface area (TPSA) is 0 Å². The van der Waals surface area contributed by atoms with Crippen molar-refractivity contribution in [3.63, 3.8) is 0 Å². The van der Waals surface area contributed by atoms with E-state index in [1.165, 1.54) is 38.5 Å². The summed E-state index contributed by atoms with van der Waals surface area (Å²) in [5, 5.41) is 0. The van der Waals surface area contributed by atoms with Crippen molar-refractivity contribution < 1.29 is 0 Å². The minimum atomic E-state index is 0.623. The minimum absolute atomic E-state index is 0.623. The van der Waals surface area contributed by atoms with Crippen molar-refractivity contribution in [2.75, 3.05) is 0 Å². The van der Waals surface area contributed by atoms with Crippen LogP contribution in [-0.4, -0.2) is 0 Å². The van der Waals surface area contributed by atoms with Gasteiger partial charge in [-0.15, -0.1) is 0 Å². The predicted octanol–water partition coefficient (Wildman–Crippen LogP) is 5.67. The molecule has 0 aliphatic carbocycles. The molecule has 0 N–H and O–H groups in total. The fraction of sp³-hybridized carbons (Fsp3) is 1.00. The van der Waals surface area contributed by atoms with Gasteiger partial charge in [0, 0.05) is 0 Å². The molecular weight excluding hydrogens is 180 g/mol. The van der Waals surface area contributed by atoms with Gasteiger partial charge in [-0.05, 0) is 23.7 Å². The average molecular weight is 212 g/mol. The van der Waals surface area contributed by atoms with Crippen LogP contribution in [-0.2, 0) is 0 Å². The highest BCUT2D eigenvalue weighted by atomic mass is 14.4. The zero-order chi connectivity index (χ0) is 11.9. The molecule has 0 nitrogen and oxygen atoms in total. The van der Waals surface area contributed by atoms with Crippen molar-refractivity contribution >= 4 is 0 Å². The number of rotatable bonds is 8. The van der Waals surface area contributed by atoms with Crippen LogP contribution in [0.4, 0.5) is 0 Å². The Labute approximate surface area is 97.8 Å². The molecule has 0 radical (unpaired) electrons. The molecule has 2 atom stereocenters. The lowest BCUT2D eigenvalue weighted by Gasteiger charge is -2.38. The van der Waals surface area contributed by atoms with Gasteiger partial charge in [0.25, 0.3) is 0 Å². The smallest absolute Gasteiger partial charge is 0.0277 e. The van der Waals surface area contributed by atoms with Gasteiger partial charge in [0.2, 0.25) is 0 Å². The quantitative estimate of drug-likeness (QED) is 0.486. The first-order valence-corrected chi connectivity index (χ1v) is 7.06. The third kappa shape index (κ3) is 4.17. The fourth-order valence-corrected chi connectivity index (χ4v) is 2.72. The van der Waals surface area contributed by atoms with Crippen molar-refractivity contribution in [3.8, 4) is 0 Å². The molecule has 0 saturated carbocycles. The van der Waals surface area contributed by atoms with E-state index in [4.69, 9.17) is 0 Å². The first kappa shape index (κ1) is 15.0. The van der Waals surface area contributed by atoms with Gasteiger partial charge in [-0.1, -0.05) is 73.6 Å². The van der Waals surface area contributed by atoms with Gasteiger partial charge < -0.3 is 0 Å². The van der Waals surface area contributed by atoms with E-state index >= 15 is 0 Å². The van der Waals surface area contributed by atoms with E-state index in [9.17, 15) is 0 Å². The van der Waals surface area contributed by atoms with Crippen molar-refractivity contribution in [1.29, 1.82) is 0 Å². The molecule has 0 aromatic carbocycles. The molecule has 92 valence electrons. The molecule has 0 heteroatoms. The molecule has 0 aromatic heterocycles. The highest BCUT2D eigenvalue weighted by Gasteiger charge is 2.31. The molecule has 0 heterocycles. The second-order valence-electron chi connectivity index (χ2n) is 5.43. The van der Waals surface area contributed by atoms with Gasteiger partial charge in [-0.3, -0.25) is 0 Å². The standard InChI is InChI=1S/C15H32/c1-7-13(5)11-12-15(9-3,10-4)14(6)8-2/h13-14H,7-12H2,1-6H3. The summed E-state index contributed by atoms with van der Waals surface area (Å²) in [4.78, 5) is 0. The van der Waals surface area contributed by atoms with Crippen molar-refractivity contribution in [1.82, 2.24) is 0 Å². The molecule has 0 aliphatic heterocycles. The summed E-state index contributed by atoms with van der Waals surface area (Å²) in [6.07, 6.45) is 8.24. The molecule has 0 saturated heterocycles. The SMILES string of the molecule is CCC(C)CCC(CC)(CC)C(C)CC. The predicted molar refractivity (Wildman–Crippen MR) is 71.2 cm³/mol. The first-order valence-electron chi connectivity index (χ1n) is 7.06. The van der Waals surface area contributed by atoms with Crippen molar-refractivity contribution in [2.45, 2.75) is 80.1 Å². The molecule has 0 spiro atoms. The van der Waals surface area contributed by atoms with Crippen molar-refractivity contribution in [2.24, 2.45) is 17.3 Å². The van der Waals surface area contributed by atoms with Crippen LogP contribution in [0.2, 0.25) is 0 Å². The molecule has 0 fully saturated rings. The molecule has 15 heavy (non-hydrogen) atoms. The minimum Gasteiger partial charge on any atom is -0.0651 e.